The molecular weight excluding hydrogens is 366 g/mol. The molecule has 1 aliphatic heterocycles. The smallest absolute Gasteiger partial charge is 0.249 e. The largest absolute Gasteiger partial charge is 0.356 e. The van der Waals surface area contributed by atoms with Gasteiger partial charge in [0.1, 0.15) is 5.82 Å². The van der Waals surface area contributed by atoms with Gasteiger partial charge in [-0.1, -0.05) is 36.4 Å². The van der Waals surface area contributed by atoms with E-state index < -0.39 is 0 Å². The molecule has 3 aromatic rings. The lowest BCUT2D eigenvalue weighted by atomic mass is 9.89. The lowest BCUT2D eigenvalue weighted by Gasteiger charge is -2.32. The number of rotatable bonds is 5. The summed E-state index contributed by atoms with van der Waals surface area (Å²) in [6.07, 6.45) is 3.51. The Morgan fingerprint density at radius 1 is 0.897 bits per heavy atom. The van der Waals surface area contributed by atoms with Crippen molar-refractivity contribution in [1.82, 2.24) is 14.6 Å². The van der Waals surface area contributed by atoms with E-state index >= 15 is 0 Å². The molecule has 1 aromatic carbocycles. The molecule has 2 aliphatic rings. The molecule has 1 N–H and O–H groups in total. The predicted molar refractivity (Wildman–Crippen MR) is 110 cm³/mol. The van der Waals surface area contributed by atoms with Crippen molar-refractivity contribution in [1.29, 1.82) is 0 Å². The van der Waals surface area contributed by atoms with E-state index in [2.05, 4.69) is 20.3 Å². The normalized spacial score (nSPS) is 17.4. The van der Waals surface area contributed by atoms with Gasteiger partial charge in [-0.05, 0) is 37.8 Å². The van der Waals surface area contributed by atoms with Gasteiger partial charge in [-0.2, -0.15) is 9.50 Å². The van der Waals surface area contributed by atoms with Crippen LogP contribution in [0.1, 0.15) is 36.0 Å². The summed E-state index contributed by atoms with van der Waals surface area (Å²) in [7, 11) is 0. The fourth-order valence-corrected chi connectivity index (χ4v) is 3.95. The van der Waals surface area contributed by atoms with E-state index in [1.54, 1.807) is 4.52 Å². The topological polar surface area (TPSA) is 79.6 Å². The number of carbonyl (C=O) groups excluding carboxylic acids is 2. The fraction of sp³-hybridized carbons (Fsp3) is 0.364. The maximum absolute atomic E-state index is 12.7. The molecule has 1 saturated carbocycles. The minimum absolute atomic E-state index is 0.00250. The van der Waals surface area contributed by atoms with Crippen LogP contribution in [0.3, 0.4) is 0 Å². The fourth-order valence-electron chi connectivity index (χ4n) is 3.95. The van der Waals surface area contributed by atoms with Gasteiger partial charge in [-0.25, -0.2) is 0 Å². The van der Waals surface area contributed by atoms with Crippen LogP contribution in [0.15, 0.2) is 48.5 Å². The van der Waals surface area contributed by atoms with Gasteiger partial charge in [0, 0.05) is 30.5 Å². The lowest BCUT2D eigenvalue weighted by Crippen LogP contribution is -2.37. The average molecular weight is 389 g/mol. The van der Waals surface area contributed by atoms with Crippen molar-refractivity contribution in [2.75, 3.05) is 23.3 Å². The van der Waals surface area contributed by atoms with Crippen molar-refractivity contribution >= 4 is 29.1 Å². The number of ketones is 1. The Bertz CT molecular complexity index is 1050. The third kappa shape index (κ3) is 3.60. The average Bonchev–Trinajstić information content (AvgIpc) is 3.54. The van der Waals surface area contributed by atoms with Gasteiger partial charge >= 0.3 is 0 Å². The molecular formula is C22H23N5O2. The predicted octanol–water partition coefficient (Wildman–Crippen LogP) is 3.18. The van der Waals surface area contributed by atoms with E-state index in [9.17, 15) is 9.59 Å². The molecule has 1 amide bonds. The van der Waals surface area contributed by atoms with E-state index in [4.69, 9.17) is 0 Å². The van der Waals surface area contributed by atoms with Crippen LogP contribution in [-0.4, -0.2) is 39.4 Å². The maximum atomic E-state index is 12.7. The summed E-state index contributed by atoms with van der Waals surface area (Å²) in [5, 5.41) is 7.32. The monoisotopic (exact) mass is 389 g/mol. The number of hydrogen-bond donors (Lipinski definition) is 1. The Morgan fingerprint density at radius 2 is 1.66 bits per heavy atom. The highest BCUT2D eigenvalue weighted by molar-refractivity contribution is 5.98. The van der Waals surface area contributed by atoms with Gasteiger partial charge in [0.15, 0.2) is 11.4 Å². The highest BCUT2D eigenvalue weighted by Crippen LogP contribution is 2.30. The van der Waals surface area contributed by atoms with Crippen molar-refractivity contribution in [3.63, 3.8) is 0 Å². The molecule has 1 aliphatic carbocycles. The Kier molecular flexibility index (Phi) is 4.50. The highest BCUT2D eigenvalue weighted by atomic mass is 16.2. The number of benzene rings is 1. The second kappa shape index (κ2) is 7.31. The Labute approximate surface area is 168 Å². The molecule has 148 valence electrons. The van der Waals surface area contributed by atoms with E-state index in [0.29, 0.717) is 11.6 Å². The third-order valence-corrected chi connectivity index (χ3v) is 5.77. The van der Waals surface area contributed by atoms with Crippen LogP contribution in [0, 0.1) is 11.8 Å². The number of anilines is 2. The number of aromatic nitrogens is 3. The molecule has 1 saturated heterocycles. The number of piperidine rings is 1. The van der Waals surface area contributed by atoms with Gasteiger partial charge in [0.2, 0.25) is 11.9 Å². The van der Waals surface area contributed by atoms with Gasteiger partial charge in [-0.15, -0.1) is 5.10 Å². The molecule has 3 heterocycles. The van der Waals surface area contributed by atoms with Crippen LogP contribution in [0.25, 0.3) is 5.65 Å². The number of hydrogen-bond acceptors (Lipinski definition) is 5. The SMILES string of the molecule is O=C(Nc1nc2cccc(N3CCC(C(=O)c4ccccc4)CC3)n2n1)C1CC1. The van der Waals surface area contributed by atoms with Gasteiger partial charge in [-0.3, -0.25) is 14.9 Å². The van der Waals surface area contributed by atoms with E-state index in [-0.39, 0.29) is 23.5 Å². The van der Waals surface area contributed by atoms with Crippen molar-refractivity contribution in [3.05, 3.63) is 54.1 Å². The van der Waals surface area contributed by atoms with E-state index in [0.717, 1.165) is 50.2 Å². The van der Waals surface area contributed by atoms with Gasteiger partial charge < -0.3 is 4.90 Å². The zero-order valence-electron chi connectivity index (χ0n) is 16.1. The second-order valence-corrected chi connectivity index (χ2v) is 7.84. The van der Waals surface area contributed by atoms with Crippen molar-refractivity contribution in [2.45, 2.75) is 25.7 Å². The number of Topliss-reactive ketones (excluding diaryl/α,β-unsaturated/α-hetero) is 1. The van der Waals surface area contributed by atoms with Crippen LogP contribution in [0.4, 0.5) is 11.8 Å². The summed E-state index contributed by atoms with van der Waals surface area (Å²) in [5.41, 5.74) is 1.50. The molecule has 0 bridgehead atoms. The number of nitrogens with one attached hydrogen (secondary N) is 1. The first kappa shape index (κ1) is 17.8. The number of amides is 1. The molecule has 2 fully saturated rings. The molecule has 5 rings (SSSR count). The van der Waals surface area contributed by atoms with Crippen molar-refractivity contribution in [2.24, 2.45) is 11.8 Å². The standard InChI is InChI=1S/C22H23N5O2/c28-20(15-5-2-1-3-6-15)16-11-13-26(14-12-16)19-8-4-7-18-23-22(25-27(18)19)24-21(29)17-9-10-17/h1-8,16-17H,9-14H2,(H,24,25,29). The molecule has 29 heavy (non-hydrogen) atoms. The summed E-state index contributed by atoms with van der Waals surface area (Å²) >= 11 is 0. The van der Waals surface area contributed by atoms with Crippen molar-refractivity contribution in [3.8, 4) is 0 Å². The number of pyridine rings is 1. The van der Waals surface area contributed by atoms with Crippen LogP contribution < -0.4 is 10.2 Å². The van der Waals surface area contributed by atoms with Crippen LogP contribution in [0.5, 0.6) is 0 Å². The minimum Gasteiger partial charge on any atom is -0.356 e. The summed E-state index contributed by atoms with van der Waals surface area (Å²) < 4.78 is 1.78. The van der Waals surface area contributed by atoms with E-state index in [1.165, 1.54) is 0 Å². The summed E-state index contributed by atoms with van der Waals surface area (Å²) in [4.78, 5) is 31.4. The molecule has 2 aromatic heterocycles. The first-order valence-corrected chi connectivity index (χ1v) is 10.2. The number of nitrogens with zero attached hydrogens (tertiary/aromatic N) is 4. The second-order valence-electron chi connectivity index (χ2n) is 7.84. The number of fused-ring (bicyclic) bond motifs is 1. The van der Waals surface area contributed by atoms with Crippen molar-refractivity contribution < 1.29 is 9.59 Å². The molecule has 0 spiro atoms. The Balaban J connectivity index is 1.30. The van der Waals surface area contributed by atoms with Crippen LogP contribution >= 0.6 is 0 Å². The first-order valence-electron chi connectivity index (χ1n) is 10.2. The summed E-state index contributed by atoms with van der Waals surface area (Å²) in [6, 6.07) is 15.4. The zero-order valence-corrected chi connectivity index (χ0v) is 16.1. The third-order valence-electron chi connectivity index (χ3n) is 5.77. The highest BCUT2D eigenvalue weighted by Gasteiger charge is 2.31. The zero-order chi connectivity index (χ0) is 19.8. The number of carbonyl (C=O) groups is 2. The molecule has 0 unspecified atom stereocenters. The van der Waals surface area contributed by atoms with E-state index in [1.807, 2.05) is 48.5 Å². The summed E-state index contributed by atoms with van der Waals surface area (Å²) in [6.45, 7) is 1.57. The molecule has 7 nitrogen and oxygen atoms in total. The molecule has 0 radical (unpaired) electrons. The molecule has 0 atom stereocenters. The van der Waals surface area contributed by atoms with Crippen LogP contribution in [-0.2, 0) is 4.79 Å². The Hall–Kier alpha value is -3.22. The molecule has 7 heteroatoms. The van der Waals surface area contributed by atoms with Crippen LogP contribution in [0.2, 0.25) is 0 Å². The lowest BCUT2D eigenvalue weighted by molar-refractivity contribution is -0.117. The summed E-state index contributed by atoms with van der Waals surface area (Å²) in [5.74, 6) is 1.69. The maximum Gasteiger partial charge on any atom is 0.249 e. The first-order chi connectivity index (χ1) is 14.2. The van der Waals surface area contributed by atoms with Gasteiger partial charge in [0.25, 0.3) is 0 Å². The Morgan fingerprint density at radius 3 is 2.38 bits per heavy atom. The van der Waals surface area contributed by atoms with Gasteiger partial charge in [0.05, 0.1) is 0 Å². The quantitative estimate of drug-likeness (QED) is 0.678. The minimum atomic E-state index is 0.00250.